The van der Waals surface area contributed by atoms with Crippen molar-refractivity contribution in [3.63, 3.8) is 0 Å². The largest absolute Gasteiger partial charge is 0.463 e. The molecule has 0 radical (unpaired) electrons. The first-order chi connectivity index (χ1) is 49.4. The second-order valence-electron chi connectivity index (χ2n) is 28.0. The van der Waals surface area contributed by atoms with E-state index in [0.29, 0.717) is 36.5 Å². The smallest absolute Gasteiger partial charge is 0.306 e. The van der Waals surface area contributed by atoms with Crippen molar-refractivity contribution < 1.29 is 124 Å². The Bertz CT molecular complexity index is 2950. The first kappa shape index (κ1) is 101. The quantitative estimate of drug-likeness (QED) is 0.0365. The molecule has 0 aliphatic carbocycles. The van der Waals surface area contributed by atoms with Gasteiger partial charge in [-0.05, 0) is 121 Å². The molecule has 0 unspecified atom stereocenters. The average Bonchev–Trinajstić information content (AvgIpc) is 0.894. The summed E-state index contributed by atoms with van der Waals surface area (Å²) >= 11 is 0. The van der Waals surface area contributed by atoms with Crippen LogP contribution < -0.4 is 0 Å². The number of rotatable bonds is 46. The van der Waals surface area contributed by atoms with E-state index < -0.39 is 48.0 Å². The highest BCUT2D eigenvalue weighted by atomic mass is 16.6. The van der Waals surface area contributed by atoms with Gasteiger partial charge in [-0.3, -0.25) is 43.2 Å². The molecule has 0 aromatic heterocycles. The lowest BCUT2D eigenvalue weighted by Gasteiger charge is -2.22. The second-order valence-corrected chi connectivity index (χ2v) is 28.0. The number of ether oxygens (including phenoxy) is 9. The molecule has 2 aromatic carbocycles. The van der Waals surface area contributed by atoms with E-state index in [4.69, 9.17) is 42.6 Å². The third-order valence-corrected chi connectivity index (χ3v) is 13.9. The molecule has 2 aromatic rings. The highest BCUT2D eigenvalue weighted by Gasteiger charge is 2.22. The van der Waals surface area contributed by atoms with Crippen LogP contribution in [0.1, 0.15) is 261 Å². The molecule has 26 heteroatoms. The van der Waals surface area contributed by atoms with Crippen molar-refractivity contribution in [1.82, 2.24) is 0 Å². The van der Waals surface area contributed by atoms with E-state index in [-0.39, 0.29) is 201 Å². The summed E-state index contributed by atoms with van der Waals surface area (Å²) in [5.74, 6) is -5.39. The number of carbonyl (C=O) groups is 16. The van der Waals surface area contributed by atoms with Gasteiger partial charge in [0.15, 0.2) is 6.10 Å². The van der Waals surface area contributed by atoms with E-state index in [9.17, 15) is 81.8 Å². The molecular formula is C80H118O26. The third kappa shape index (κ3) is 70.5. The molecule has 0 saturated carbocycles. The zero-order chi connectivity index (χ0) is 81.4. The van der Waals surface area contributed by atoms with Gasteiger partial charge in [0.05, 0.1) is 44.9 Å². The van der Waals surface area contributed by atoms with Crippen LogP contribution in [0, 0.1) is 10.8 Å². The fourth-order valence-corrected chi connectivity index (χ4v) is 7.68. The Morgan fingerprint density at radius 3 is 0.783 bits per heavy atom. The second kappa shape index (κ2) is 59.0. The molecule has 0 aliphatic heterocycles. The molecule has 0 spiro atoms. The summed E-state index contributed by atoms with van der Waals surface area (Å²) in [6, 6.07) is 14.6. The van der Waals surface area contributed by atoms with Crippen LogP contribution in [0.15, 0.2) is 72.8 Å². The Hall–Kier alpha value is -9.20. The zero-order valence-corrected chi connectivity index (χ0v) is 65.3. The summed E-state index contributed by atoms with van der Waals surface area (Å²) in [6.07, 6.45) is 4.13. The summed E-state index contributed by atoms with van der Waals surface area (Å²) in [5, 5.41) is 9.41. The average molecular weight is 1500 g/mol. The molecule has 2 rings (SSSR count). The molecule has 0 heterocycles. The number of ketones is 7. The number of allylic oxidation sites excluding steroid dienone is 2. The summed E-state index contributed by atoms with van der Waals surface area (Å²) in [7, 11) is 0. The summed E-state index contributed by atoms with van der Waals surface area (Å²) < 4.78 is 45.0. The molecule has 0 amide bonds. The van der Waals surface area contributed by atoms with E-state index in [0.717, 1.165) is 33.4 Å². The van der Waals surface area contributed by atoms with Crippen molar-refractivity contribution in [2.24, 2.45) is 10.8 Å². The summed E-state index contributed by atoms with van der Waals surface area (Å²) in [5.41, 5.74) is 6.20. The van der Waals surface area contributed by atoms with Gasteiger partial charge in [0.25, 0.3) is 0 Å². The Morgan fingerprint density at radius 1 is 0.311 bits per heavy atom. The van der Waals surface area contributed by atoms with Crippen molar-refractivity contribution in [1.29, 1.82) is 0 Å². The maximum absolute atomic E-state index is 11.7. The van der Waals surface area contributed by atoms with E-state index in [2.05, 4.69) is 54.7 Å². The van der Waals surface area contributed by atoms with Gasteiger partial charge >= 0.3 is 53.7 Å². The number of hydrogen-bond acceptors (Lipinski definition) is 26. The van der Waals surface area contributed by atoms with Crippen molar-refractivity contribution in [2.45, 2.75) is 277 Å². The van der Waals surface area contributed by atoms with Crippen molar-refractivity contribution in [3.05, 3.63) is 95.1 Å². The van der Waals surface area contributed by atoms with Crippen LogP contribution in [0.25, 0.3) is 0 Å². The first-order valence-corrected chi connectivity index (χ1v) is 35.4. The number of carbonyl (C=O) groups excluding carboxylic acids is 16. The minimum atomic E-state index is -1.13. The van der Waals surface area contributed by atoms with Gasteiger partial charge < -0.3 is 81.3 Å². The lowest BCUT2D eigenvalue weighted by molar-refractivity contribution is -0.167. The van der Waals surface area contributed by atoms with E-state index in [1.165, 1.54) is 67.7 Å². The van der Waals surface area contributed by atoms with E-state index >= 15 is 0 Å². The highest BCUT2D eigenvalue weighted by Crippen LogP contribution is 2.28. The lowest BCUT2D eigenvalue weighted by atomic mass is 9.84. The van der Waals surface area contributed by atoms with Crippen molar-refractivity contribution in [2.75, 3.05) is 26.4 Å². The van der Waals surface area contributed by atoms with Gasteiger partial charge in [0.1, 0.15) is 99.4 Å². The standard InChI is InChI=1S/2C19H24O5.C18H26O9.C13H20O7.C11H24/c1-14(2)4-10-18(21)23-12-16-6-8-17(9-7-16)13-24-19(22)11-5-15(3)20;1-14(2)8-10-18(21)23-12-16-6-4-5-7-17(16)13-24-19(22)11-9-15(3)20;1-12(19)4-7-16(22)25-10-15(27-18(24)9-6-14(3)21)11-26-17(23)8-5-13(2)20;1-9(14)3-5-12(17)19-7-11(16)8-20-13(18)6-4-10(2)15;1-10(2,3)8-7-9-11(4,5)6/h6-9H,1,4-5,10-13H2,2-3H3;4-7H,1,8-13H2,2-3H3;15H,4-11H2,1-3H3;11,16H,3-8H2,1-2H3;7-9H2,1-6H3. The molecule has 0 atom stereocenters. The normalized spacial score (nSPS) is 10.5. The Balaban J connectivity index is -0.00000128. The number of hydrogen-bond donors (Lipinski definition) is 1. The number of Topliss-reactive ketones (excluding diaryl/α,β-unsaturated/α-hetero) is 7. The molecule has 0 bridgehead atoms. The van der Waals surface area contributed by atoms with E-state index in [1.54, 1.807) is 0 Å². The van der Waals surface area contributed by atoms with Crippen LogP contribution in [0.2, 0.25) is 0 Å². The fourth-order valence-electron chi connectivity index (χ4n) is 7.68. The van der Waals surface area contributed by atoms with Gasteiger partial charge in [-0.2, -0.15) is 0 Å². The molecule has 0 aliphatic rings. The Morgan fingerprint density at radius 2 is 0.538 bits per heavy atom. The topological polar surface area (TPSA) is 376 Å². The monoisotopic (exact) mass is 1490 g/mol. The van der Waals surface area contributed by atoms with Gasteiger partial charge in [-0.25, -0.2) is 0 Å². The zero-order valence-electron chi connectivity index (χ0n) is 65.3. The Kier molecular flexibility index (Phi) is 56.2. The molecular weight excluding hydrogens is 1380 g/mol. The van der Waals surface area contributed by atoms with Gasteiger partial charge in [-0.15, -0.1) is 13.2 Å². The van der Waals surface area contributed by atoms with Crippen LogP contribution in [0.3, 0.4) is 0 Å². The molecule has 26 nitrogen and oxygen atoms in total. The molecule has 0 fully saturated rings. The van der Waals surface area contributed by atoms with Crippen molar-refractivity contribution >= 4 is 94.2 Å². The van der Waals surface area contributed by atoms with Crippen LogP contribution in [0.4, 0.5) is 0 Å². The van der Waals surface area contributed by atoms with E-state index in [1.807, 2.05) is 62.4 Å². The number of esters is 9. The van der Waals surface area contributed by atoms with Gasteiger partial charge in [0, 0.05) is 57.8 Å². The molecule has 0 saturated heterocycles. The minimum absolute atomic E-state index is 0.00233. The molecule has 106 heavy (non-hydrogen) atoms. The first-order valence-electron chi connectivity index (χ1n) is 35.4. The lowest BCUT2D eigenvalue weighted by Crippen LogP contribution is -2.31. The van der Waals surface area contributed by atoms with Crippen LogP contribution in [0.5, 0.6) is 0 Å². The SMILES string of the molecule is C=C(C)CCC(=O)OCc1ccc(COC(=O)CCC(C)=O)cc1.C=C(C)CCC(=O)OCc1ccccc1COC(=O)CCC(C)=O.CC(=O)CCC(=O)OCC(COC(=O)CCC(C)=O)OC(=O)CCC(C)=O.CC(=O)CCC(=O)OCC(O)COC(=O)CCC(C)=O.CC(C)(C)CCCC(C)(C)C. The maximum Gasteiger partial charge on any atom is 0.306 e. The van der Waals surface area contributed by atoms with Crippen LogP contribution in [-0.2, 0) is 146 Å². The summed E-state index contributed by atoms with van der Waals surface area (Å²) in [4.78, 5) is 179. The predicted molar refractivity (Wildman–Crippen MR) is 392 cm³/mol. The number of benzene rings is 2. The van der Waals surface area contributed by atoms with Crippen LogP contribution >= 0.6 is 0 Å². The molecule has 594 valence electrons. The number of aliphatic hydroxyl groups excluding tert-OH is 1. The van der Waals surface area contributed by atoms with Crippen LogP contribution in [-0.4, -0.2) is 138 Å². The fraction of sp³-hybridized carbons (Fsp3) is 0.600. The minimum Gasteiger partial charge on any atom is -0.463 e. The van der Waals surface area contributed by atoms with Gasteiger partial charge in [-0.1, -0.05) is 108 Å². The molecule has 1 N–H and O–H groups in total. The predicted octanol–water partition coefficient (Wildman–Crippen LogP) is 12.5. The van der Waals surface area contributed by atoms with Crippen molar-refractivity contribution in [3.8, 4) is 0 Å². The maximum atomic E-state index is 11.7. The van der Waals surface area contributed by atoms with Gasteiger partial charge in [0.2, 0.25) is 0 Å². The number of aliphatic hydroxyl groups is 1. The Labute approximate surface area is 625 Å². The third-order valence-electron chi connectivity index (χ3n) is 13.9. The summed E-state index contributed by atoms with van der Waals surface area (Å²) in [6.45, 7) is 34.0. The highest BCUT2D eigenvalue weighted by molar-refractivity contribution is 5.84.